The predicted molar refractivity (Wildman–Crippen MR) is 66.7 cm³/mol. The molecule has 4 heteroatoms. The van der Waals surface area contributed by atoms with Crippen molar-refractivity contribution in [2.75, 3.05) is 11.9 Å². The van der Waals surface area contributed by atoms with E-state index >= 15 is 0 Å². The Labute approximate surface area is 105 Å². The summed E-state index contributed by atoms with van der Waals surface area (Å²) in [7, 11) is 1.84. The first-order valence-electron chi connectivity index (χ1n) is 5.56. The summed E-state index contributed by atoms with van der Waals surface area (Å²) in [6, 6.07) is 9.96. The number of hydrogen-bond donors (Lipinski definition) is 0. The van der Waals surface area contributed by atoms with Gasteiger partial charge in [-0.25, -0.2) is 4.39 Å². The van der Waals surface area contributed by atoms with Gasteiger partial charge in [0.1, 0.15) is 23.4 Å². The van der Waals surface area contributed by atoms with Crippen molar-refractivity contribution in [1.82, 2.24) is 0 Å². The fourth-order valence-corrected chi connectivity index (χ4v) is 1.82. The Balaban J connectivity index is 2.24. The minimum Gasteiger partial charge on any atom is -0.464 e. The molecule has 2 rings (SSSR count). The summed E-state index contributed by atoms with van der Waals surface area (Å²) in [4.78, 5) is 1.86. The zero-order valence-electron chi connectivity index (χ0n) is 10.3. The van der Waals surface area contributed by atoms with E-state index in [0.29, 0.717) is 17.8 Å². The lowest BCUT2D eigenvalue weighted by atomic mass is 10.1. The minimum atomic E-state index is -0.405. The normalized spacial score (nSPS) is 10.1. The van der Waals surface area contributed by atoms with Gasteiger partial charge in [-0.15, -0.1) is 0 Å². The molecular weight excluding hydrogens is 231 g/mol. The first kappa shape index (κ1) is 12.2. The highest BCUT2D eigenvalue weighted by molar-refractivity contribution is 5.58. The number of furan rings is 1. The highest BCUT2D eigenvalue weighted by Gasteiger charge is 2.10. The molecule has 3 nitrogen and oxygen atoms in total. The molecule has 0 spiro atoms. The number of nitriles is 1. The summed E-state index contributed by atoms with van der Waals surface area (Å²) in [5, 5.41) is 9.00. The van der Waals surface area contributed by atoms with Gasteiger partial charge in [-0.2, -0.15) is 5.26 Å². The summed E-state index contributed by atoms with van der Waals surface area (Å²) in [6.45, 7) is 2.41. The third-order valence-electron chi connectivity index (χ3n) is 2.68. The Hall–Kier alpha value is -2.28. The fourth-order valence-electron chi connectivity index (χ4n) is 1.82. The third kappa shape index (κ3) is 2.51. The summed E-state index contributed by atoms with van der Waals surface area (Å²) in [5.41, 5.74) is 1.01. The molecule has 0 unspecified atom stereocenters. The molecule has 0 N–H and O–H groups in total. The number of halogens is 1. The summed E-state index contributed by atoms with van der Waals surface area (Å²) in [6.07, 6.45) is 0. The molecule has 2 aromatic rings. The van der Waals surface area contributed by atoms with Crippen LogP contribution in [0.3, 0.4) is 0 Å². The SMILES string of the molecule is Cc1ccc(CN(C)c2ccc(F)cc2C#N)o1. The van der Waals surface area contributed by atoms with E-state index in [2.05, 4.69) is 0 Å². The van der Waals surface area contributed by atoms with E-state index < -0.39 is 5.82 Å². The summed E-state index contributed by atoms with van der Waals surface area (Å²) < 4.78 is 18.5. The molecule has 1 aromatic carbocycles. The van der Waals surface area contributed by atoms with Crippen LogP contribution in [-0.4, -0.2) is 7.05 Å². The Morgan fingerprint density at radius 2 is 2.11 bits per heavy atom. The highest BCUT2D eigenvalue weighted by atomic mass is 19.1. The fraction of sp³-hybridized carbons (Fsp3) is 0.214. The molecule has 18 heavy (non-hydrogen) atoms. The van der Waals surface area contributed by atoms with E-state index in [1.165, 1.54) is 12.1 Å². The monoisotopic (exact) mass is 244 g/mol. The van der Waals surface area contributed by atoms with Gasteiger partial charge in [0.15, 0.2) is 0 Å². The van der Waals surface area contributed by atoms with Gasteiger partial charge in [0.05, 0.1) is 17.8 Å². The second kappa shape index (κ2) is 4.92. The van der Waals surface area contributed by atoms with E-state index in [0.717, 1.165) is 11.5 Å². The van der Waals surface area contributed by atoms with Crippen molar-refractivity contribution < 1.29 is 8.81 Å². The topological polar surface area (TPSA) is 40.2 Å². The van der Waals surface area contributed by atoms with Crippen LogP contribution in [0.25, 0.3) is 0 Å². The lowest BCUT2D eigenvalue weighted by Crippen LogP contribution is -2.17. The maximum absolute atomic E-state index is 13.0. The smallest absolute Gasteiger partial charge is 0.124 e. The average Bonchev–Trinajstić information content (AvgIpc) is 2.74. The molecule has 0 radical (unpaired) electrons. The lowest BCUT2D eigenvalue weighted by molar-refractivity contribution is 0.481. The van der Waals surface area contributed by atoms with Crippen LogP contribution in [0.2, 0.25) is 0 Å². The van der Waals surface area contributed by atoms with Crippen LogP contribution in [0.1, 0.15) is 17.1 Å². The van der Waals surface area contributed by atoms with Crippen molar-refractivity contribution in [3.05, 3.63) is 53.2 Å². The summed E-state index contributed by atoms with van der Waals surface area (Å²) in [5.74, 6) is 1.25. The largest absolute Gasteiger partial charge is 0.464 e. The molecule has 0 aliphatic carbocycles. The maximum Gasteiger partial charge on any atom is 0.124 e. The molecule has 1 heterocycles. The van der Waals surface area contributed by atoms with Crippen LogP contribution < -0.4 is 4.90 Å². The lowest BCUT2D eigenvalue weighted by Gasteiger charge is -2.19. The van der Waals surface area contributed by atoms with Crippen molar-refractivity contribution in [2.24, 2.45) is 0 Å². The molecule has 0 aliphatic rings. The number of benzene rings is 1. The van der Waals surface area contributed by atoms with Crippen molar-refractivity contribution in [3.8, 4) is 6.07 Å². The first-order valence-corrected chi connectivity index (χ1v) is 5.56. The zero-order valence-corrected chi connectivity index (χ0v) is 10.3. The van der Waals surface area contributed by atoms with Crippen LogP contribution in [0.15, 0.2) is 34.7 Å². The zero-order chi connectivity index (χ0) is 13.1. The summed E-state index contributed by atoms with van der Waals surface area (Å²) >= 11 is 0. The molecule has 0 aliphatic heterocycles. The number of hydrogen-bond acceptors (Lipinski definition) is 3. The molecule has 92 valence electrons. The van der Waals surface area contributed by atoms with E-state index in [1.54, 1.807) is 6.07 Å². The molecule has 0 saturated carbocycles. The van der Waals surface area contributed by atoms with Crippen LogP contribution in [0.4, 0.5) is 10.1 Å². The van der Waals surface area contributed by atoms with Gasteiger partial charge in [0, 0.05) is 7.05 Å². The van der Waals surface area contributed by atoms with E-state index in [4.69, 9.17) is 9.68 Å². The minimum absolute atomic E-state index is 0.320. The highest BCUT2D eigenvalue weighted by Crippen LogP contribution is 2.22. The maximum atomic E-state index is 13.0. The van der Waals surface area contributed by atoms with E-state index in [9.17, 15) is 4.39 Å². The van der Waals surface area contributed by atoms with Crippen LogP contribution in [0, 0.1) is 24.1 Å². The van der Waals surface area contributed by atoms with Gasteiger partial charge in [0.25, 0.3) is 0 Å². The van der Waals surface area contributed by atoms with Crippen molar-refractivity contribution in [3.63, 3.8) is 0 Å². The predicted octanol–water partition coefficient (Wildman–Crippen LogP) is 3.24. The quantitative estimate of drug-likeness (QED) is 0.832. The second-order valence-electron chi connectivity index (χ2n) is 4.14. The molecule has 0 fully saturated rings. The number of nitrogens with zero attached hydrogens (tertiary/aromatic N) is 2. The standard InChI is InChI=1S/C14H13FN2O/c1-10-3-5-13(18-10)9-17(2)14-6-4-12(15)7-11(14)8-16/h3-7H,9H2,1-2H3. The molecule has 0 amide bonds. The van der Waals surface area contributed by atoms with Gasteiger partial charge in [-0.05, 0) is 37.3 Å². The molecule has 0 bridgehead atoms. The van der Waals surface area contributed by atoms with Gasteiger partial charge in [-0.1, -0.05) is 0 Å². The van der Waals surface area contributed by atoms with Crippen molar-refractivity contribution in [2.45, 2.75) is 13.5 Å². The van der Waals surface area contributed by atoms with Gasteiger partial charge in [0.2, 0.25) is 0 Å². The van der Waals surface area contributed by atoms with Crippen LogP contribution in [0.5, 0.6) is 0 Å². The van der Waals surface area contributed by atoms with E-state index in [1.807, 2.05) is 37.1 Å². The van der Waals surface area contributed by atoms with Gasteiger partial charge in [-0.3, -0.25) is 0 Å². The Morgan fingerprint density at radius 3 is 2.72 bits per heavy atom. The van der Waals surface area contributed by atoms with Gasteiger partial charge >= 0.3 is 0 Å². The van der Waals surface area contributed by atoms with Crippen LogP contribution >= 0.6 is 0 Å². The van der Waals surface area contributed by atoms with Crippen molar-refractivity contribution >= 4 is 5.69 Å². The molecular formula is C14H13FN2O. The molecule has 0 saturated heterocycles. The van der Waals surface area contributed by atoms with E-state index in [-0.39, 0.29) is 0 Å². The Morgan fingerprint density at radius 1 is 1.33 bits per heavy atom. The number of anilines is 1. The Kier molecular flexibility index (Phi) is 3.33. The first-order chi connectivity index (χ1) is 8.60. The molecule has 0 atom stereocenters. The second-order valence-corrected chi connectivity index (χ2v) is 4.14. The number of rotatable bonds is 3. The number of aryl methyl sites for hydroxylation is 1. The average molecular weight is 244 g/mol. The van der Waals surface area contributed by atoms with Crippen molar-refractivity contribution in [1.29, 1.82) is 5.26 Å². The van der Waals surface area contributed by atoms with Crippen LogP contribution in [-0.2, 0) is 6.54 Å². The van der Waals surface area contributed by atoms with Gasteiger partial charge < -0.3 is 9.32 Å². The molecule has 1 aromatic heterocycles. The third-order valence-corrected chi connectivity index (χ3v) is 2.68. The Bertz CT molecular complexity index is 598.